The van der Waals surface area contributed by atoms with Crippen LogP contribution in [0.3, 0.4) is 0 Å². The Balaban J connectivity index is 1.41. The molecule has 1 saturated heterocycles. The molecule has 2 aromatic rings. The van der Waals surface area contributed by atoms with Gasteiger partial charge in [-0.3, -0.25) is 4.79 Å². The van der Waals surface area contributed by atoms with Gasteiger partial charge in [-0.05, 0) is 61.4 Å². The molecule has 2 N–H and O–H groups in total. The summed E-state index contributed by atoms with van der Waals surface area (Å²) >= 11 is 5.82. The predicted molar refractivity (Wildman–Crippen MR) is 115 cm³/mol. The minimum atomic E-state index is -0.323. The van der Waals surface area contributed by atoms with Gasteiger partial charge in [0.05, 0.1) is 6.54 Å². The van der Waals surface area contributed by atoms with Crippen molar-refractivity contribution >= 4 is 29.2 Å². The van der Waals surface area contributed by atoms with Crippen LogP contribution in [0.25, 0.3) is 0 Å². The first-order valence-electron chi connectivity index (χ1n) is 9.94. The van der Waals surface area contributed by atoms with Crippen molar-refractivity contribution in [2.75, 3.05) is 31.6 Å². The first-order valence-corrected chi connectivity index (χ1v) is 10.3. The fraction of sp³-hybridized carbons (Fsp3) is 0.364. The van der Waals surface area contributed by atoms with Crippen LogP contribution in [0.15, 0.2) is 48.5 Å². The summed E-state index contributed by atoms with van der Waals surface area (Å²) < 4.78 is 5.53. The minimum Gasteiger partial charge on any atom is -0.492 e. The molecule has 3 rings (SSSR count). The van der Waals surface area contributed by atoms with Crippen LogP contribution in [-0.2, 0) is 0 Å². The highest BCUT2D eigenvalue weighted by atomic mass is 35.5. The molecule has 6 nitrogen and oxygen atoms in total. The molecule has 0 aromatic heterocycles. The number of benzene rings is 2. The normalized spacial score (nSPS) is 14.0. The molecule has 1 aliphatic heterocycles. The molecule has 1 heterocycles. The van der Waals surface area contributed by atoms with Crippen LogP contribution in [0.2, 0.25) is 5.02 Å². The fourth-order valence-electron chi connectivity index (χ4n) is 3.19. The molecule has 1 fully saturated rings. The number of nitrogens with zero attached hydrogens (tertiary/aromatic N) is 1. The summed E-state index contributed by atoms with van der Waals surface area (Å²) in [5.74, 6) is 0.753. The van der Waals surface area contributed by atoms with E-state index in [0.29, 0.717) is 35.2 Å². The topological polar surface area (TPSA) is 70.7 Å². The van der Waals surface area contributed by atoms with Crippen molar-refractivity contribution < 1.29 is 14.3 Å². The maximum Gasteiger partial charge on any atom is 0.319 e. The molecule has 2 aromatic carbocycles. The number of carbonyl (C=O) groups is 2. The lowest BCUT2D eigenvalue weighted by Crippen LogP contribution is -2.32. The molecule has 154 valence electrons. The van der Waals surface area contributed by atoms with Crippen LogP contribution in [0.5, 0.6) is 5.75 Å². The van der Waals surface area contributed by atoms with Gasteiger partial charge < -0.3 is 20.3 Å². The molecular weight excluding hydrogens is 390 g/mol. The van der Waals surface area contributed by atoms with Crippen molar-refractivity contribution in [1.29, 1.82) is 0 Å². The molecule has 0 bridgehead atoms. The Hall–Kier alpha value is -2.73. The number of urea groups is 1. The Morgan fingerprint density at radius 1 is 0.931 bits per heavy atom. The average molecular weight is 416 g/mol. The standard InChI is InChI=1S/C22H26ClN3O3/c23-18-7-11-20(12-8-18)29-16-13-24-22(28)25-19-9-5-17(6-10-19)21(27)26-14-3-1-2-4-15-26/h5-12H,1-4,13-16H2,(H2,24,25,28). The highest BCUT2D eigenvalue weighted by Gasteiger charge is 2.17. The van der Waals surface area contributed by atoms with Gasteiger partial charge in [-0.15, -0.1) is 0 Å². The van der Waals surface area contributed by atoms with E-state index in [2.05, 4.69) is 10.6 Å². The number of rotatable bonds is 6. The molecule has 1 aliphatic rings. The lowest BCUT2D eigenvalue weighted by Gasteiger charge is -2.20. The third-order valence-electron chi connectivity index (χ3n) is 4.75. The second kappa shape index (κ2) is 10.7. The van der Waals surface area contributed by atoms with Crippen molar-refractivity contribution in [2.24, 2.45) is 0 Å². The van der Waals surface area contributed by atoms with Gasteiger partial charge in [0.25, 0.3) is 5.91 Å². The summed E-state index contributed by atoms with van der Waals surface area (Å²) in [4.78, 5) is 26.5. The summed E-state index contributed by atoms with van der Waals surface area (Å²) in [7, 11) is 0. The van der Waals surface area contributed by atoms with Gasteiger partial charge in [-0.25, -0.2) is 4.79 Å². The van der Waals surface area contributed by atoms with E-state index in [-0.39, 0.29) is 11.9 Å². The van der Waals surface area contributed by atoms with E-state index >= 15 is 0 Å². The molecule has 0 aliphatic carbocycles. The van der Waals surface area contributed by atoms with Gasteiger partial charge in [0, 0.05) is 29.4 Å². The summed E-state index contributed by atoms with van der Waals surface area (Å²) in [5, 5.41) is 6.14. The van der Waals surface area contributed by atoms with E-state index < -0.39 is 0 Å². The van der Waals surface area contributed by atoms with E-state index in [1.165, 1.54) is 12.8 Å². The lowest BCUT2D eigenvalue weighted by molar-refractivity contribution is 0.0761. The third-order valence-corrected chi connectivity index (χ3v) is 5.00. The first-order chi connectivity index (χ1) is 14.1. The van der Waals surface area contributed by atoms with Crippen LogP contribution in [0.4, 0.5) is 10.5 Å². The quantitative estimate of drug-likeness (QED) is 0.679. The van der Waals surface area contributed by atoms with Crippen LogP contribution in [0, 0.1) is 0 Å². The molecule has 7 heteroatoms. The Kier molecular flexibility index (Phi) is 7.76. The molecule has 29 heavy (non-hydrogen) atoms. The van der Waals surface area contributed by atoms with Crippen molar-refractivity contribution in [3.8, 4) is 5.75 Å². The van der Waals surface area contributed by atoms with Crippen molar-refractivity contribution in [1.82, 2.24) is 10.2 Å². The second-order valence-electron chi connectivity index (χ2n) is 6.97. The molecular formula is C22H26ClN3O3. The largest absolute Gasteiger partial charge is 0.492 e. The SMILES string of the molecule is O=C(NCCOc1ccc(Cl)cc1)Nc1ccc(C(=O)N2CCCCCC2)cc1. The van der Waals surface area contributed by atoms with Crippen LogP contribution < -0.4 is 15.4 Å². The number of nitrogens with one attached hydrogen (secondary N) is 2. The van der Waals surface area contributed by atoms with E-state index in [4.69, 9.17) is 16.3 Å². The number of halogens is 1. The van der Waals surface area contributed by atoms with E-state index in [0.717, 1.165) is 25.9 Å². The number of amides is 3. The zero-order valence-electron chi connectivity index (χ0n) is 16.3. The minimum absolute atomic E-state index is 0.0576. The number of ether oxygens (including phenoxy) is 1. The summed E-state index contributed by atoms with van der Waals surface area (Å²) in [5.41, 5.74) is 1.28. The Labute approximate surface area is 176 Å². The summed E-state index contributed by atoms with van der Waals surface area (Å²) in [6, 6.07) is 13.7. The van der Waals surface area contributed by atoms with Gasteiger partial charge in [-0.1, -0.05) is 24.4 Å². The highest BCUT2D eigenvalue weighted by molar-refractivity contribution is 6.30. The molecule has 0 radical (unpaired) electrons. The van der Waals surface area contributed by atoms with Gasteiger partial charge in [-0.2, -0.15) is 0 Å². The molecule has 0 spiro atoms. The predicted octanol–water partition coefficient (Wildman–Crippen LogP) is 4.56. The van der Waals surface area contributed by atoms with Crippen molar-refractivity contribution in [2.45, 2.75) is 25.7 Å². The molecule has 0 atom stereocenters. The lowest BCUT2D eigenvalue weighted by atomic mass is 10.1. The van der Waals surface area contributed by atoms with Gasteiger partial charge >= 0.3 is 6.03 Å². The van der Waals surface area contributed by atoms with Crippen LogP contribution in [0.1, 0.15) is 36.0 Å². The van der Waals surface area contributed by atoms with Gasteiger partial charge in [0.15, 0.2) is 0 Å². The van der Waals surface area contributed by atoms with E-state index in [1.807, 2.05) is 4.90 Å². The zero-order chi connectivity index (χ0) is 20.5. The van der Waals surface area contributed by atoms with Gasteiger partial charge in [0.1, 0.15) is 12.4 Å². The smallest absolute Gasteiger partial charge is 0.319 e. The van der Waals surface area contributed by atoms with E-state index in [1.54, 1.807) is 48.5 Å². The molecule has 0 saturated carbocycles. The number of hydrogen-bond donors (Lipinski definition) is 2. The van der Waals surface area contributed by atoms with Crippen LogP contribution in [-0.4, -0.2) is 43.1 Å². The monoisotopic (exact) mass is 415 g/mol. The number of likely N-dealkylation sites (tertiary alicyclic amines) is 1. The average Bonchev–Trinajstić information content (AvgIpc) is 3.02. The van der Waals surface area contributed by atoms with E-state index in [9.17, 15) is 9.59 Å². The highest BCUT2D eigenvalue weighted by Crippen LogP contribution is 2.16. The Morgan fingerprint density at radius 3 is 2.24 bits per heavy atom. The number of hydrogen-bond acceptors (Lipinski definition) is 3. The summed E-state index contributed by atoms with van der Waals surface area (Å²) in [6.07, 6.45) is 4.50. The number of carbonyl (C=O) groups excluding carboxylic acids is 2. The maximum absolute atomic E-state index is 12.6. The molecule has 0 unspecified atom stereocenters. The van der Waals surface area contributed by atoms with Crippen LogP contribution >= 0.6 is 11.6 Å². The number of anilines is 1. The maximum atomic E-state index is 12.6. The zero-order valence-corrected chi connectivity index (χ0v) is 17.1. The van der Waals surface area contributed by atoms with Crippen molar-refractivity contribution in [3.05, 3.63) is 59.1 Å². The Bertz CT molecular complexity index is 801. The summed E-state index contributed by atoms with van der Waals surface area (Å²) in [6.45, 7) is 2.34. The fourth-order valence-corrected chi connectivity index (χ4v) is 3.32. The third kappa shape index (κ3) is 6.68. The Morgan fingerprint density at radius 2 is 1.59 bits per heavy atom. The van der Waals surface area contributed by atoms with Gasteiger partial charge in [0.2, 0.25) is 0 Å². The molecule has 3 amide bonds. The van der Waals surface area contributed by atoms with Crippen molar-refractivity contribution in [3.63, 3.8) is 0 Å². The second-order valence-corrected chi connectivity index (χ2v) is 7.40. The first kappa shape index (κ1) is 21.0.